The first-order valence-electron chi connectivity index (χ1n) is 9.16. The largest absolute Gasteiger partial charge is 0.0693 e. The fraction of sp³-hybridized carbons (Fsp3) is 1.00. The molecule has 2 aliphatic rings. The van der Waals surface area contributed by atoms with Crippen LogP contribution >= 0.6 is 0 Å². The molecule has 0 unspecified atom stereocenters. The fourth-order valence-electron chi connectivity index (χ4n) is 3.73. The van der Waals surface area contributed by atoms with Gasteiger partial charge in [0.1, 0.15) is 0 Å². The third kappa shape index (κ3) is 8.17. The molecule has 0 aromatic rings. The molecule has 0 aliphatic heterocycles. The van der Waals surface area contributed by atoms with Crippen LogP contribution in [0.5, 0.6) is 0 Å². The van der Waals surface area contributed by atoms with Gasteiger partial charge in [-0.2, -0.15) is 0 Å². The van der Waals surface area contributed by atoms with Gasteiger partial charge < -0.3 is 0 Å². The van der Waals surface area contributed by atoms with Crippen molar-refractivity contribution in [3.05, 3.63) is 0 Å². The lowest BCUT2D eigenvalue weighted by Crippen LogP contribution is -2.33. The van der Waals surface area contributed by atoms with Crippen molar-refractivity contribution in [3.63, 3.8) is 0 Å². The monoisotopic (exact) mass is 284 g/mol. The molecule has 19 heavy (non-hydrogen) atoms. The van der Waals surface area contributed by atoms with Crippen LogP contribution in [0.25, 0.3) is 0 Å². The summed E-state index contributed by atoms with van der Waals surface area (Å²) >= 11 is 0. The zero-order chi connectivity index (χ0) is 14.7. The van der Waals surface area contributed by atoms with E-state index in [0.29, 0.717) is 0 Å². The minimum Gasteiger partial charge on any atom is -0.0693 e. The average Bonchev–Trinajstić information content (AvgIpc) is 2.40. The van der Waals surface area contributed by atoms with Crippen molar-refractivity contribution in [1.29, 1.82) is 0 Å². The van der Waals surface area contributed by atoms with Crippen molar-refractivity contribution in [1.82, 2.24) is 0 Å². The lowest BCUT2D eigenvalue weighted by atomic mass is 9.87. The molecule has 0 N–H and O–H groups in total. The van der Waals surface area contributed by atoms with Crippen LogP contribution in [-0.2, 0) is 0 Å². The van der Waals surface area contributed by atoms with Gasteiger partial charge in [-0.15, -0.1) is 0 Å². The average molecular weight is 285 g/mol. The number of rotatable bonds is 4. The molecule has 0 spiro atoms. The molecule has 0 saturated heterocycles. The smallest absolute Gasteiger partial charge is 0.0479 e. The van der Waals surface area contributed by atoms with Crippen LogP contribution in [0.15, 0.2) is 0 Å². The highest BCUT2D eigenvalue weighted by Crippen LogP contribution is 2.38. The highest BCUT2D eigenvalue weighted by molar-refractivity contribution is 6.77. The van der Waals surface area contributed by atoms with Gasteiger partial charge in [-0.25, -0.2) is 0 Å². The molecule has 0 atom stereocenters. The molecule has 0 amide bonds. The molecular formula is C18H40Si. The lowest BCUT2D eigenvalue weighted by molar-refractivity contribution is 0.338. The Hall–Kier alpha value is 0.217. The Labute approximate surface area is 124 Å². The normalized spacial score (nSPS) is 20.5. The first-order valence-corrected chi connectivity index (χ1v) is 12.6. The predicted octanol–water partition coefficient (Wildman–Crippen LogP) is 7.13. The Morgan fingerprint density at radius 2 is 1.00 bits per heavy atom. The summed E-state index contributed by atoms with van der Waals surface area (Å²) in [6.45, 7) is 13.3. The molecule has 0 radical (unpaired) electrons. The van der Waals surface area contributed by atoms with Crippen molar-refractivity contribution in [3.8, 4) is 0 Å². The van der Waals surface area contributed by atoms with Gasteiger partial charge in [0.2, 0.25) is 0 Å². The van der Waals surface area contributed by atoms with E-state index >= 15 is 0 Å². The van der Waals surface area contributed by atoms with Crippen molar-refractivity contribution < 1.29 is 0 Å². The second-order valence-electron chi connectivity index (χ2n) is 6.87. The first kappa shape index (κ1) is 19.2. The maximum Gasteiger partial charge on any atom is 0.0479 e. The van der Waals surface area contributed by atoms with E-state index in [1.165, 1.54) is 25.7 Å². The highest BCUT2D eigenvalue weighted by Gasteiger charge is 2.31. The quantitative estimate of drug-likeness (QED) is 0.482. The maximum atomic E-state index is 2.65. The van der Waals surface area contributed by atoms with Gasteiger partial charge in [-0.1, -0.05) is 104 Å². The molecule has 2 rings (SSSR count). The number of hydrogen-bond acceptors (Lipinski definition) is 0. The molecular weight excluding hydrogens is 244 g/mol. The van der Waals surface area contributed by atoms with Crippen LogP contribution in [0.3, 0.4) is 0 Å². The highest BCUT2D eigenvalue weighted by atomic mass is 28.3. The van der Waals surface area contributed by atoms with Gasteiger partial charge in [0.15, 0.2) is 0 Å². The summed E-state index contributed by atoms with van der Waals surface area (Å²) in [5.41, 5.74) is 0. The second kappa shape index (κ2) is 10.9. The zero-order valence-corrected chi connectivity index (χ0v) is 15.7. The fourth-order valence-corrected chi connectivity index (χ4v) is 7.84. The van der Waals surface area contributed by atoms with Gasteiger partial charge in [0.25, 0.3) is 0 Å². The van der Waals surface area contributed by atoms with E-state index in [-0.39, 0.29) is 0 Å². The summed E-state index contributed by atoms with van der Waals surface area (Å²) in [5.74, 6) is 2.27. The molecule has 0 heterocycles. The molecule has 2 fully saturated rings. The lowest BCUT2D eigenvalue weighted by Gasteiger charge is -2.36. The van der Waals surface area contributed by atoms with Gasteiger partial charge in [0.05, 0.1) is 0 Å². The van der Waals surface area contributed by atoms with E-state index in [4.69, 9.17) is 0 Å². The van der Waals surface area contributed by atoms with Gasteiger partial charge >= 0.3 is 0 Å². The summed E-state index contributed by atoms with van der Waals surface area (Å²) in [5, 5.41) is 0. The van der Waals surface area contributed by atoms with Gasteiger partial charge in [-0.05, 0) is 11.8 Å². The molecule has 0 aromatic heterocycles. The van der Waals surface area contributed by atoms with Crippen LogP contribution in [-0.4, -0.2) is 8.07 Å². The Balaban J connectivity index is 0.000000741. The SMILES string of the molecule is CC.CC.C[Si](C)(CC1CCCCC1)CC1CCC1. The minimum atomic E-state index is -0.824. The molecule has 0 bridgehead atoms. The standard InChI is InChI=1S/C14H28Si.2C2H6/c1-15(2,12-14-9-6-10-14)11-13-7-4-3-5-8-13;2*1-2/h13-14H,3-12H2,1-2H3;2*1-2H3. The van der Waals surface area contributed by atoms with Crippen molar-refractivity contribution in [2.75, 3.05) is 0 Å². The third-order valence-corrected chi connectivity index (χ3v) is 8.00. The molecule has 0 aromatic carbocycles. The van der Waals surface area contributed by atoms with Gasteiger partial charge in [0, 0.05) is 8.07 Å². The van der Waals surface area contributed by atoms with Crippen molar-refractivity contribution in [2.45, 2.75) is 104 Å². The number of hydrogen-bond donors (Lipinski definition) is 0. The van der Waals surface area contributed by atoms with Crippen molar-refractivity contribution in [2.24, 2.45) is 11.8 Å². The second-order valence-corrected chi connectivity index (χ2v) is 12.0. The molecule has 0 nitrogen and oxygen atoms in total. The zero-order valence-electron chi connectivity index (χ0n) is 14.7. The Kier molecular flexibility index (Phi) is 11.1. The summed E-state index contributed by atoms with van der Waals surface area (Å²) in [7, 11) is -0.824. The first-order chi connectivity index (χ1) is 9.16. The molecule has 116 valence electrons. The van der Waals surface area contributed by atoms with E-state index in [9.17, 15) is 0 Å². The summed E-state index contributed by atoms with van der Waals surface area (Å²) < 4.78 is 0. The van der Waals surface area contributed by atoms with Crippen LogP contribution in [0.4, 0.5) is 0 Å². The third-order valence-electron chi connectivity index (χ3n) is 4.63. The predicted molar refractivity (Wildman–Crippen MR) is 93.7 cm³/mol. The van der Waals surface area contributed by atoms with Gasteiger partial charge in [-0.3, -0.25) is 0 Å². The van der Waals surface area contributed by atoms with E-state index in [0.717, 1.165) is 11.8 Å². The Morgan fingerprint density at radius 3 is 1.32 bits per heavy atom. The Bertz CT molecular complexity index is 188. The van der Waals surface area contributed by atoms with Crippen LogP contribution in [0, 0.1) is 11.8 Å². The molecule has 1 heteroatoms. The maximum absolute atomic E-state index is 2.65. The van der Waals surface area contributed by atoms with Crippen LogP contribution in [0.2, 0.25) is 25.2 Å². The van der Waals surface area contributed by atoms with Crippen LogP contribution in [0.1, 0.15) is 79.1 Å². The van der Waals surface area contributed by atoms with E-state index in [1.54, 1.807) is 37.8 Å². The summed E-state index contributed by atoms with van der Waals surface area (Å²) in [4.78, 5) is 0. The molecule has 2 saturated carbocycles. The summed E-state index contributed by atoms with van der Waals surface area (Å²) in [6, 6.07) is 3.28. The molecule has 2 aliphatic carbocycles. The van der Waals surface area contributed by atoms with Crippen LogP contribution < -0.4 is 0 Å². The van der Waals surface area contributed by atoms with Crippen molar-refractivity contribution >= 4 is 8.07 Å². The van der Waals surface area contributed by atoms with E-state index in [1.807, 2.05) is 27.7 Å². The Morgan fingerprint density at radius 1 is 0.632 bits per heavy atom. The minimum absolute atomic E-state index is 0.824. The van der Waals surface area contributed by atoms with E-state index in [2.05, 4.69) is 13.1 Å². The van der Waals surface area contributed by atoms with E-state index < -0.39 is 8.07 Å². The summed E-state index contributed by atoms with van der Waals surface area (Å²) in [6.07, 6.45) is 12.3. The topological polar surface area (TPSA) is 0 Å².